The number of alkyl halides is 2. The number of aromatic amines is 1. The van der Waals surface area contributed by atoms with Crippen LogP contribution < -0.4 is 21.1 Å². The highest BCUT2D eigenvalue weighted by Gasteiger charge is 2.21. The van der Waals surface area contributed by atoms with Crippen molar-refractivity contribution in [3.05, 3.63) is 47.4 Å². The summed E-state index contributed by atoms with van der Waals surface area (Å²) in [6.07, 6.45) is 4.46. The van der Waals surface area contributed by atoms with Crippen LogP contribution in [-0.4, -0.2) is 50.8 Å². The lowest BCUT2D eigenvalue weighted by molar-refractivity contribution is -0.0498. The van der Waals surface area contributed by atoms with Crippen molar-refractivity contribution < 1.29 is 18.3 Å². The molecule has 0 fully saturated rings. The lowest BCUT2D eigenvalue weighted by Gasteiger charge is -2.20. The predicted octanol–water partition coefficient (Wildman–Crippen LogP) is 4.43. The number of hydrogen-bond acceptors (Lipinski definition) is 7. The van der Waals surface area contributed by atoms with Gasteiger partial charge in [0.1, 0.15) is 17.0 Å². The number of carbonyl (C=O) groups is 1. The largest absolute Gasteiger partial charge is 0.435 e. The number of hydrogen-bond donors (Lipinski definition) is 5. The molecule has 0 aliphatic rings. The number of ether oxygens (including phenoxy) is 1. The molecule has 0 bridgehead atoms. The number of nitrogens with zero attached hydrogens (tertiary/aromatic N) is 2. The molecule has 0 aliphatic heterocycles. The van der Waals surface area contributed by atoms with Gasteiger partial charge in [-0.3, -0.25) is 10.2 Å². The van der Waals surface area contributed by atoms with Crippen molar-refractivity contribution in [2.24, 2.45) is 5.73 Å². The predicted molar refractivity (Wildman–Crippen MR) is 136 cm³/mol. The van der Waals surface area contributed by atoms with Gasteiger partial charge in [0.15, 0.2) is 5.65 Å². The number of aromatic nitrogens is 3. The summed E-state index contributed by atoms with van der Waals surface area (Å²) < 4.78 is 30.2. The zero-order chi connectivity index (χ0) is 26.7. The second-order valence-electron chi connectivity index (χ2n) is 10.3. The second kappa shape index (κ2) is 10.6. The topological polar surface area (TPSA) is 142 Å². The molecule has 0 spiro atoms. The van der Waals surface area contributed by atoms with Gasteiger partial charge in [0.25, 0.3) is 5.91 Å². The minimum absolute atomic E-state index is 0.0610. The average Bonchev–Trinajstić information content (AvgIpc) is 3.18. The number of nitrogens with two attached hydrogens (primary N) is 1. The molecule has 0 radical (unpaired) electrons. The van der Waals surface area contributed by atoms with Gasteiger partial charge in [0.2, 0.25) is 0 Å². The molecule has 1 amide bonds. The van der Waals surface area contributed by atoms with Crippen molar-refractivity contribution in [3.8, 4) is 5.75 Å². The van der Waals surface area contributed by atoms with E-state index in [9.17, 15) is 13.6 Å². The first-order chi connectivity index (χ1) is 16.7. The van der Waals surface area contributed by atoms with Gasteiger partial charge in [-0.2, -0.15) is 8.78 Å². The maximum absolute atomic E-state index is 12.8. The molecular formula is C25H33F2N7O2. The van der Waals surface area contributed by atoms with Gasteiger partial charge in [-0.1, -0.05) is 0 Å². The molecule has 0 unspecified atom stereocenters. The molecule has 3 rings (SSSR count). The summed E-state index contributed by atoms with van der Waals surface area (Å²) in [6, 6.07) is 4.35. The van der Waals surface area contributed by atoms with Crippen molar-refractivity contribution in [1.82, 2.24) is 20.3 Å². The number of fused-ring (bicyclic) bond motifs is 1. The quantitative estimate of drug-likeness (QED) is 0.205. The Kier molecular flexibility index (Phi) is 7.92. The Balaban J connectivity index is 1.94. The number of rotatable bonds is 10. The lowest BCUT2D eigenvalue weighted by Crippen LogP contribution is -2.40. The third kappa shape index (κ3) is 7.20. The Morgan fingerprint density at radius 1 is 1.22 bits per heavy atom. The van der Waals surface area contributed by atoms with Gasteiger partial charge in [-0.15, -0.1) is 0 Å². The highest BCUT2D eigenvalue weighted by molar-refractivity contribution is 6.14. The van der Waals surface area contributed by atoms with Gasteiger partial charge in [-0.05, 0) is 65.7 Å². The van der Waals surface area contributed by atoms with Crippen molar-refractivity contribution in [1.29, 1.82) is 5.41 Å². The van der Waals surface area contributed by atoms with E-state index in [0.717, 1.165) is 12.8 Å². The SMILES string of the molecule is CC(C)(N)CCCNc1ccc(OC(F)F)cc1C(=N)c1cnc2[nH]cc(C(=O)NC(C)(C)C)c2n1. The molecule has 0 aliphatic carbocycles. The Hall–Kier alpha value is -3.60. The number of nitrogens with one attached hydrogen (secondary N) is 4. The van der Waals surface area contributed by atoms with Crippen LogP contribution in [-0.2, 0) is 0 Å². The van der Waals surface area contributed by atoms with Gasteiger partial charge >= 0.3 is 6.61 Å². The molecule has 2 heterocycles. The van der Waals surface area contributed by atoms with E-state index in [1.165, 1.54) is 24.5 Å². The Bertz CT molecular complexity index is 1240. The minimum atomic E-state index is -3.00. The molecule has 0 saturated heterocycles. The van der Waals surface area contributed by atoms with Crippen LogP contribution in [0.2, 0.25) is 0 Å². The van der Waals surface area contributed by atoms with Crippen molar-refractivity contribution in [3.63, 3.8) is 0 Å². The van der Waals surface area contributed by atoms with Gasteiger partial charge < -0.3 is 26.1 Å². The van der Waals surface area contributed by atoms with E-state index in [1.54, 1.807) is 6.07 Å². The maximum Gasteiger partial charge on any atom is 0.387 e. The third-order valence-corrected chi connectivity index (χ3v) is 5.17. The van der Waals surface area contributed by atoms with E-state index < -0.39 is 12.2 Å². The van der Waals surface area contributed by atoms with Crippen LogP contribution in [0.5, 0.6) is 5.75 Å². The molecule has 36 heavy (non-hydrogen) atoms. The summed E-state index contributed by atoms with van der Waals surface area (Å²) >= 11 is 0. The number of anilines is 1. The highest BCUT2D eigenvalue weighted by atomic mass is 19.3. The second-order valence-corrected chi connectivity index (χ2v) is 10.3. The Morgan fingerprint density at radius 3 is 2.58 bits per heavy atom. The van der Waals surface area contributed by atoms with Crippen LogP contribution in [0, 0.1) is 5.41 Å². The van der Waals surface area contributed by atoms with E-state index in [0.29, 0.717) is 34.5 Å². The fourth-order valence-electron chi connectivity index (χ4n) is 3.56. The van der Waals surface area contributed by atoms with Crippen LogP contribution in [0.4, 0.5) is 14.5 Å². The number of halogens is 2. The first-order valence-corrected chi connectivity index (χ1v) is 11.6. The zero-order valence-corrected chi connectivity index (χ0v) is 21.1. The van der Waals surface area contributed by atoms with Crippen LogP contribution in [0.15, 0.2) is 30.6 Å². The fourth-order valence-corrected chi connectivity index (χ4v) is 3.56. The Labute approximate surface area is 208 Å². The zero-order valence-electron chi connectivity index (χ0n) is 21.1. The summed E-state index contributed by atoms with van der Waals surface area (Å²) in [5.41, 5.74) is 7.24. The highest BCUT2D eigenvalue weighted by Crippen LogP contribution is 2.27. The number of benzene rings is 1. The fraction of sp³-hybridized carbons (Fsp3) is 0.440. The molecule has 9 nitrogen and oxygen atoms in total. The molecule has 2 aromatic heterocycles. The third-order valence-electron chi connectivity index (χ3n) is 5.17. The maximum atomic E-state index is 12.8. The summed E-state index contributed by atoms with van der Waals surface area (Å²) in [5.74, 6) is -0.413. The van der Waals surface area contributed by atoms with Gasteiger partial charge in [0.05, 0.1) is 17.5 Å². The number of carbonyl (C=O) groups excluding carboxylic acids is 1. The first-order valence-electron chi connectivity index (χ1n) is 11.6. The normalized spacial score (nSPS) is 12.1. The van der Waals surface area contributed by atoms with Crippen molar-refractivity contribution in [2.75, 3.05) is 11.9 Å². The average molecular weight is 502 g/mol. The molecule has 3 aromatic rings. The molecule has 11 heteroatoms. The molecule has 1 aromatic carbocycles. The Morgan fingerprint density at radius 2 is 1.94 bits per heavy atom. The van der Waals surface area contributed by atoms with Crippen LogP contribution in [0.1, 0.15) is 69.1 Å². The molecular weight excluding hydrogens is 468 g/mol. The summed E-state index contributed by atoms with van der Waals surface area (Å²) in [4.78, 5) is 24.5. The summed E-state index contributed by atoms with van der Waals surface area (Å²) in [6.45, 7) is 7.04. The van der Waals surface area contributed by atoms with Gasteiger partial charge in [0, 0.05) is 35.1 Å². The molecule has 0 atom stereocenters. The van der Waals surface area contributed by atoms with Crippen molar-refractivity contribution >= 4 is 28.5 Å². The summed E-state index contributed by atoms with van der Waals surface area (Å²) in [7, 11) is 0. The van der Waals surface area contributed by atoms with E-state index in [2.05, 4.69) is 30.3 Å². The standard InChI is InChI=1S/C25H33F2N7O2/c1-24(2,3)34-22(35)16-12-31-21-20(16)33-18(13-32-21)19(28)15-11-14(36-23(26)27)7-8-17(15)30-10-6-9-25(4,5)29/h7-8,11-13,23,28,30H,6,9-10,29H2,1-5H3,(H,31,32)(H,34,35). The molecule has 6 N–H and O–H groups in total. The lowest BCUT2D eigenvalue weighted by atomic mass is 10.00. The first kappa shape index (κ1) is 27.0. The number of H-pyrrole nitrogens is 1. The molecule has 0 saturated carbocycles. The smallest absolute Gasteiger partial charge is 0.387 e. The monoisotopic (exact) mass is 501 g/mol. The van der Waals surface area contributed by atoms with E-state index in [4.69, 9.17) is 11.1 Å². The summed E-state index contributed by atoms with van der Waals surface area (Å²) in [5, 5.41) is 14.9. The van der Waals surface area contributed by atoms with Crippen LogP contribution in [0.3, 0.4) is 0 Å². The van der Waals surface area contributed by atoms with Crippen LogP contribution in [0.25, 0.3) is 11.2 Å². The minimum Gasteiger partial charge on any atom is -0.435 e. The number of amides is 1. The van der Waals surface area contributed by atoms with Crippen LogP contribution >= 0.6 is 0 Å². The van der Waals surface area contributed by atoms with Crippen molar-refractivity contribution in [2.45, 2.75) is 65.1 Å². The van der Waals surface area contributed by atoms with E-state index in [-0.39, 0.29) is 28.6 Å². The molecule has 194 valence electrons. The van der Waals surface area contributed by atoms with E-state index in [1.807, 2.05) is 34.6 Å². The van der Waals surface area contributed by atoms with E-state index >= 15 is 0 Å². The van der Waals surface area contributed by atoms with Gasteiger partial charge in [-0.25, -0.2) is 9.97 Å².